The summed E-state index contributed by atoms with van der Waals surface area (Å²) in [6, 6.07) is 0.299. The van der Waals surface area contributed by atoms with Crippen molar-refractivity contribution in [2.24, 2.45) is 5.92 Å². The van der Waals surface area contributed by atoms with Crippen molar-refractivity contribution in [1.29, 1.82) is 0 Å². The minimum atomic E-state index is -0.0287. The first-order chi connectivity index (χ1) is 9.90. The average molecular weight is 297 g/mol. The predicted molar refractivity (Wildman–Crippen MR) is 89.2 cm³/mol. The van der Waals surface area contributed by atoms with Crippen molar-refractivity contribution in [1.82, 2.24) is 15.1 Å². The largest absolute Gasteiger partial charge is 0.323 e. The third-order valence-corrected chi connectivity index (χ3v) is 4.56. The van der Waals surface area contributed by atoms with E-state index in [1.54, 1.807) is 0 Å². The number of carbonyl (C=O) groups is 1. The summed E-state index contributed by atoms with van der Waals surface area (Å²) in [5.74, 6) is 0.877. The van der Waals surface area contributed by atoms with Gasteiger partial charge >= 0.3 is 0 Å². The lowest BCUT2D eigenvalue weighted by Crippen LogP contribution is -2.44. The lowest BCUT2D eigenvalue weighted by Gasteiger charge is -2.32. The molecule has 1 rings (SSSR count). The van der Waals surface area contributed by atoms with Crippen molar-refractivity contribution in [3.8, 4) is 0 Å². The Morgan fingerprint density at radius 3 is 2.38 bits per heavy atom. The van der Waals surface area contributed by atoms with Gasteiger partial charge in [0.2, 0.25) is 5.91 Å². The molecule has 0 aliphatic carbocycles. The van der Waals surface area contributed by atoms with Crippen LogP contribution in [0.3, 0.4) is 0 Å². The number of hydrogen-bond donors (Lipinski definition) is 1. The van der Waals surface area contributed by atoms with E-state index in [1.807, 2.05) is 6.92 Å². The quantitative estimate of drug-likeness (QED) is 0.711. The van der Waals surface area contributed by atoms with Crippen LogP contribution in [0.2, 0.25) is 0 Å². The maximum atomic E-state index is 12.4. The van der Waals surface area contributed by atoms with E-state index >= 15 is 0 Å². The molecular weight excluding hydrogens is 262 g/mol. The predicted octanol–water partition coefficient (Wildman–Crippen LogP) is 2.69. The Balaban J connectivity index is 2.52. The van der Waals surface area contributed by atoms with Gasteiger partial charge in [-0.3, -0.25) is 10.1 Å². The van der Waals surface area contributed by atoms with E-state index < -0.39 is 0 Å². The Labute approximate surface area is 131 Å². The molecule has 3 atom stereocenters. The highest BCUT2D eigenvalue weighted by Crippen LogP contribution is 2.22. The first kappa shape index (κ1) is 18.4. The molecule has 0 bridgehead atoms. The van der Waals surface area contributed by atoms with Crippen LogP contribution in [0.25, 0.3) is 0 Å². The van der Waals surface area contributed by atoms with Crippen LogP contribution in [0, 0.1) is 5.92 Å². The molecule has 21 heavy (non-hydrogen) atoms. The summed E-state index contributed by atoms with van der Waals surface area (Å²) in [5.41, 5.74) is 0. The van der Waals surface area contributed by atoms with Crippen molar-refractivity contribution in [3.05, 3.63) is 0 Å². The van der Waals surface area contributed by atoms with Crippen LogP contribution in [-0.4, -0.2) is 53.6 Å². The summed E-state index contributed by atoms with van der Waals surface area (Å²) in [6.45, 7) is 16.4. The summed E-state index contributed by atoms with van der Waals surface area (Å²) in [6.07, 6.45) is 3.51. The smallest absolute Gasteiger partial charge is 0.240 e. The van der Waals surface area contributed by atoms with Gasteiger partial charge in [-0.2, -0.15) is 0 Å². The van der Waals surface area contributed by atoms with Crippen molar-refractivity contribution in [2.45, 2.75) is 79.1 Å². The van der Waals surface area contributed by atoms with Crippen LogP contribution in [0.1, 0.15) is 60.8 Å². The molecule has 1 heterocycles. The van der Waals surface area contributed by atoms with Gasteiger partial charge in [-0.05, 0) is 58.7 Å². The SMILES string of the molecule is CCN(CC)CCCC(C)N1C(=O)C(C)NC1CC(C)C. The van der Waals surface area contributed by atoms with Crippen LogP contribution >= 0.6 is 0 Å². The van der Waals surface area contributed by atoms with E-state index in [0.717, 1.165) is 38.9 Å². The fourth-order valence-corrected chi connectivity index (χ4v) is 3.26. The summed E-state index contributed by atoms with van der Waals surface area (Å²) >= 11 is 0. The van der Waals surface area contributed by atoms with Crippen molar-refractivity contribution >= 4 is 5.91 Å². The molecule has 4 heteroatoms. The number of nitrogens with zero attached hydrogens (tertiary/aromatic N) is 2. The molecule has 0 radical (unpaired) electrons. The van der Waals surface area contributed by atoms with Crippen molar-refractivity contribution in [2.75, 3.05) is 19.6 Å². The van der Waals surface area contributed by atoms with Crippen molar-refractivity contribution < 1.29 is 4.79 Å². The summed E-state index contributed by atoms with van der Waals surface area (Å²) in [5, 5.41) is 3.45. The third kappa shape index (κ3) is 5.26. The normalized spacial score (nSPS) is 24.4. The van der Waals surface area contributed by atoms with Gasteiger partial charge in [0.05, 0.1) is 12.2 Å². The molecule has 1 amide bonds. The number of nitrogens with one attached hydrogen (secondary N) is 1. The van der Waals surface area contributed by atoms with Crippen LogP contribution in [0.5, 0.6) is 0 Å². The summed E-state index contributed by atoms with van der Waals surface area (Å²) in [7, 11) is 0. The van der Waals surface area contributed by atoms with Gasteiger partial charge in [0.1, 0.15) is 0 Å². The Morgan fingerprint density at radius 1 is 1.24 bits per heavy atom. The zero-order valence-electron chi connectivity index (χ0n) is 14.9. The lowest BCUT2D eigenvalue weighted by molar-refractivity contribution is -0.132. The molecule has 0 aromatic carbocycles. The molecule has 1 aliphatic rings. The standard InChI is InChI=1S/C17H35N3O/c1-7-19(8-2)11-9-10-14(5)20-16(12-13(3)4)18-15(6)17(20)21/h13-16,18H,7-12H2,1-6H3. The zero-order valence-corrected chi connectivity index (χ0v) is 14.9. The Kier molecular flexibility index (Phi) is 7.67. The second-order valence-corrected chi connectivity index (χ2v) is 6.80. The van der Waals surface area contributed by atoms with E-state index in [1.165, 1.54) is 0 Å². The maximum absolute atomic E-state index is 12.4. The van der Waals surface area contributed by atoms with Crippen LogP contribution < -0.4 is 5.32 Å². The highest BCUT2D eigenvalue weighted by atomic mass is 16.2. The Hall–Kier alpha value is -0.610. The minimum absolute atomic E-state index is 0.0287. The number of amides is 1. The topological polar surface area (TPSA) is 35.6 Å². The third-order valence-electron chi connectivity index (χ3n) is 4.56. The molecule has 0 spiro atoms. The van der Waals surface area contributed by atoms with Gasteiger partial charge in [-0.1, -0.05) is 27.7 Å². The molecular formula is C17H35N3O. The number of hydrogen-bond acceptors (Lipinski definition) is 3. The minimum Gasteiger partial charge on any atom is -0.323 e. The van der Waals surface area contributed by atoms with Crippen LogP contribution in [-0.2, 0) is 4.79 Å². The van der Waals surface area contributed by atoms with Gasteiger partial charge in [0.15, 0.2) is 0 Å². The van der Waals surface area contributed by atoms with Gasteiger partial charge in [0.25, 0.3) is 0 Å². The lowest BCUT2D eigenvalue weighted by atomic mass is 10.1. The molecule has 0 aromatic rings. The van der Waals surface area contributed by atoms with E-state index in [2.05, 4.69) is 49.7 Å². The fourth-order valence-electron chi connectivity index (χ4n) is 3.26. The van der Waals surface area contributed by atoms with E-state index in [4.69, 9.17) is 0 Å². The van der Waals surface area contributed by atoms with Gasteiger partial charge < -0.3 is 9.80 Å². The average Bonchev–Trinajstić information content (AvgIpc) is 2.69. The summed E-state index contributed by atoms with van der Waals surface area (Å²) in [4.78, 5) is 17.0. The first-order valence-corrected chi connectivity index (χ1v) is 8.71. The second kappa shape index (κ2) is 8.74. The highest BCUT2D eigenvalue weighted by molar-refractivity contribution is 5.84. The van der Waals surface area contributed by atoms with Gasteiger partial charge in [-0.25, -0.2) is 0 Å². The van der Waals surface area contributed by atoms with Gasteiger partial charge in [-0.15, -0.1) is 0 Å². The first-order valence-electron chi connectivity index (χ1n) is 8.71. The molecule has 1 saturated heterocycles. The Bertz CT molecular complexity index is 315. The number of carbonyl (C=O) groups excluding carboxylic acids is 1. The molecule has 1 fully saturated rings. The van der Waals surface area contributed by atoms with E-state index in [-0.39, 0.29) is 18.1 Å². The molecule has 4 nitrogen and oxygen atoms in total. The van der Waals surface area contributed by atoms with E-state index in [9.17, 15) is 4.79 Å². The molecule has 3 unspecified atom stereocenters. The monoisotopic (exact) mass is 297 g/mol. The molecule has 1 aliphatic heterocycles. The molecule has 0 saturated carbocycles. The highest BCUT2D eigenvalue weighted by Gasteiger charge is 2.38. The zero-order chi connectivity index (χ0) is 16.0. The van der Waals surface area contributed by atoms with Gasteiger partial charge in [0, 0.05) is 6.04 Å². The number of rotatable bonds is 9. The fraction of sp³-hybridized carbons (Fsp3) is 0.941. The van der Waals surface area contributed by atoms with E-state index in [0.29, 0.717) is 12.0 Å². The second-order valence-electron chi connectivity index (χ2n) is 6.80. The molecule has 124 valence electrons. The van der Waals surface area contributed by atoms with Crippen LogP contribution in [0.4, 0.5) is 0 Å². The van der Waals surface area contributed by atoms with Crippen LogP contribution in [0.15, 0.2) is 0 Å². The Morgan fingerprint density at radius 2 is 1.86 bits per heavy atom. The molecule has 0 aromatic heterocycles. The maximum Gasteiger partial charge on any atom is 0.240 e. The summed E-state index contributed by atoms with van der Waals surface area (Å²) < 4.78 is 0. The molecule has 1 N–H and O–H groups in total. The van der Waals surface area contributed by atoms with Crippen molar-refractivity contribution in [3.63, 3.8) is 0 Å².